The summed E-state index contributed by atoms with van der Waals surface area (Å²) in [4.78, 5) is 18.9. The van der Waals surface area contributed by atoms with Crippen molar-refractivity contribution in [1.82, 2.24) is 9.97 Å². The molecule has 0 saturated carbocycles. The number of aromatic nitrogens is 2. The molecule has 0 aliphatic carbocycles. The SMILES string of the molecule is Cc1nc(NCCCOc2ccccc2)ncc1C(=O)O. The minimum atomic E-state index is -1.02. The zero-order chi connectivity index (χ0) is 15.1. The second-order valence-corrected chi connectivity index (χ2v) is 4.44. The normalized spacial score (nSPS) is 10.1. The molecule has 2 rings (SSSR count). The van der Waals surface area contributed by atoms with Gasteiger partial charge in [0.25, 0.3) is 0 Å². The largest absolute Gasteiger partial charge is 0.494 e. The average molecular weight is 287 g/mol. The lowest BCUT2D eigenvalue weighted by Crippen LogP contribution is -2.11. The van der Waals surface area contributed by atoms with Crippen LogP contribution in [-0.4, -0.2) is 34.2 Å². The second kappa shape index (κ2) is 7.23. The van der Waals surface area contributed by atoms with Crippen molar-refractivity contribution in [2.75, 3.05) is 18.5 Å². The molecule has 0 bridgehead atoms. The zero-order valence-electron chi connectivity index (χ0n) is 11.7. The summed E-state index contributed by atoms with van der Waals surface area (Å²) in [7, 11) is 0. The molecule has 0 radical (unpaired) electrons. The van der Waals surface area contributed by atoms with Crippen LogP contribution in [0.5, 0.6) is 5.75 Å². The Labute approximate surface area is 122 Å². The highest BCUT2D eigenvalue weighted by atomic mass is 16.5. The number of anilines is 1. The van der Waals surface area contributed by atoms with Gasteiger partial charge in [-0.25, -0.2) is 14.8 Å². The monoisotopic (exact) mass is 287 g/mol. The van der Waals surface area contributed by atoms with Crippen LogP contribution in [0.3, 0.4) is 0 Å². The van der Waals surface area contributed by atoms with E-state index in [-0.39, 0.29) is 5.56 Å². The van der Waals surface area contributed by atoms with Crippen molar-refractivity contribution < 1.29 is 14.6 Å². The third-order valence-electron chi connectivity index (χ3n) is 2.83. The summed E-state index contributed by atoms with van der Waals surface area (Å²) in [5.41, 5.74) is 0.563. The number of benzene rings is 1. The minimum Gasteiger partial charge on any atom is -0.494 e. The van der Waals surface area contributed by atoms with E-state index in [0.717, 1.165) is 12.2 Å². The number of carboxylic acid groups (broad SMARTS) is 1. The topological polar surface area (TPSA) is 84.3 Å². The summed E-state index contributed by atoms with van der Waals surface area (Å²) < 4.78 is 5.56. The van der Waals surface area contributed by atoms with E-state index >= 15 is 0 Å². The lowest BCUT2D eigenvalue weighted by atomic mass is 10.2. The number of aryl methyl sites for hydroxylation is 1. The van der Waals surface area contributed by atoms with E-state index in [1.54, 1.807) is 6.92 Å². The Morgan fingerprint density at radius 1 is 1.33 bits per heavy atom. The summed E-state index contributed by atoms with van der Waals surface area (Å²) in [5.74, 6) is 0.253. The van der Waals surface area contributed by atoms with E-state index in [4.69, 9.17) is 9.84 Å². The van der Waals surface area contributed by atoms with Gasteiger partial charge in [-0.2, -0.15) is 0 Å². The molecule has 0 saturated heterocycles. The van der Waals surface area contributed by atoms with Crippen LogP contribution in [0.1, 0.15) is 22.5 Å². The molecule has 0 fully saturated rings. The van der Waals surface area contributed by atoms with Gasteiger partial charge in [-0.05, 0) is 25.5 Å². The molecule has 0 aliphatic rings. The minimum absolute atomic E-state index is 0.118. The Hall–Kier alpha value is -2.63. The summed E-state index contributed by atoms with van der Waals surface area (Å²) >= 11 is 0. The molecule has 0 atom stereocenters. The Morgan fingerprint density at radius 3 is 2.76 bits per heavy atom. The first kappa shape index (κ1) is 14.8. The number of rotatable bonds is 7. The molecule has 1 aromatic carbocycles. The van der Waals surface area contributed by atoms with Crippen LogP contribution >= 0.6 is 0 Å². The van der Waals surface area contributed by atoms with Crippen molar-refractivity contribution in [2.45, 2.75) is 13.3 Å². The first-order valence-electron chi connectivity index (χ1n) is 6.65. The maximum absolute atomic E-state index is 10.9. The first-order chi connectivity index (χ1) is 10.2. The number of hydrogen-bond acceptors (Lipinski definition) is 5. The summed E-state index contributed by atoms with van der Waals surface area (Å²) in [6, 6.07) is 9.60. The predicted molar refractivity (Wildman–Crippen MR) is 78.8 cm³/mol. The number of para-hydroxylation sites is 1. The van der Waals surface area contributed by atoms with Crippen LogP contribution < -0.4 is 10.1 Å². The van der Waals surface area contributed by atoms with Crippen LogP contribution in [0.15, 0.2) is 36.5 Å². The van der Waals surface area contributed by atoms with Crippen molar-refractivity contribution in [3.05, 3.63) is 47.8 Å². The predicted octanol–water partition coefficient (Wildman–Crippen LogP) is 2.36. The summed E-state index contributed by atoms with van der Waals surface area (Å²) in [6.07, 6.45) is 2.10. The number of hydrogen-bond donors (Lipinski definition) is 2. The van der Waals surface area contributed by atoms with E-state index in [1.165, 1.54) is 6.20 Å². The first-order valence-corrected chi connectivity index (χ1v) is 6.65. The standard InChI is InChI=1S/C15H17N3O3/c1-11-13(14(19)20)10-17-15(18-11)16-8-5-9-21-12-6-3-2-4-7-12/h2-4,6-7,10H,5,8-9H2,1H3,(H,19,20)(H,16,17,18). The van der Waals surface area contributed by atoms with Crippen molar-refractivity contribution in [3.63, 3.8) is 0 Å². The van der Waals surface area contributed by atoms with Gasteiger partial charge in [0.05, 0.1) is 17.9 Å². The Morgan fingerprint density at radius 2 is 2.10 bits per heavy atom. The molecule has 0 spiro atoms. The van der Waals surface area contributed by atoms with Gasteiger partial charge in [0, 0.05) is 12.7 Å². The molecular weight excluding hydrogens is 270 g/mol. The van der Waals surface area contributed by atoms with Gasteiger partial charge in [-0.1, -0.05) is 18.2 Å². The maximum Gasteiger partial charge on any atom is 0.339 e. The van der Waals surface area contributed by atoms with Gasteiger partial charge < -0.3 is 15.2 Å². The Bertz CT molecular complexity index is 602. The Kier molecular flexibility index (Phi) is 5.09. The van der Waals surface area contributed by atoms with Gasteiger partial charge in [0.15, 0.2) is 0 Å². The quantitative estimate of drug-likeness (QED) is 0.760. The number of carboxylic acids is 1. The number of aromatic carboxylic acids is 1. The van der Waals surface area contributed by atoms with E-state index < -0.39 is 5.97 Å². The van der Waals surface area contributed by atoms with Crippen molar-refractivity contribution >= 4 is 11.9 Å². The van der Waals surface area contributed by atoms with Gasteiger partial charge >= 0.3 is 5.97 Å². The molecule has 1 aromatic heterocycles. The highest BCUT2D eigenvalue weighted by Crippen LogP contribution is 2.09. The lowest BCUT2D eigenvalue weighted by molar-refractivity contribution is 0.0695. The molecule has 6 nitrogen and oxygen atoms in total. The van der Waals surface area contributed by atoms with Crippen LogP contribution in [-0.2, 0) is 0 Å². The van der Waals surface area contributed by atoms with Crippen LogP contribution in [0.25, 0.3) is 0 Å². The third kappa shape index (κ3) is 4.45. The Balaban J connectivity index is 1.74. The molecule has 21 heavy (non-hydrogen) atoms. The van der Waals surface area contributed by atoms with Crippen LogP contribution in [0, 0.1) is 6.92 Å². The van der Waals surface area contributed by atoms with E-state index in [2.05, 4.69) is 15.3 Å². The summed E-state index contributed by atoms with van der Waals surface area (Å²) in [5, 5.41) is 11.9. The maximum atomic E-state index is 10.9. The van der Waals surface area contributed by atoms with E-state index in [1.807, 2.05) is 30.3 Å². The molecule has 0 amide bonds. The summed E-state index contributed by atoms with van der Waals surface area (Å²) in [6.45, 7) is 2.89. The molecule has 0 unspecified atom stereocenters. The fraction of sp³-hybridized carbons (Fsp3) is 0.267. The van der Waals surface area contributed by atoms with Crippen molar-refractivity contribution in [1.29, 1.82) is 0 Å². The molecule has 110 valence electrons. The fourth-order valence-corrected chi connectivity index (χ4v) is 1.74. The molecule has 6 heteroatoms. The smallest absolute Gasteiger partial charge is 0.339 e. The van der Waals surface area contributed by atoms with E-state index in [9.17, 15) is 4.79 Å². The zero-order valence-corrected chi connectivity index (χ0v) is 11.7. The van der Waals surface area contributed by atoms with Crippen LogP contribution in [0.2, 0.25) is 0 Å². The van der Waals surface area contributed by atoms with Gasteiger partial charge in [-0.3, -0.25) is 0 Å². The number of nitrogens with zero attached hydrogens (tertiary/aromatic N) is 2. The second-order valence-electron chi connectivity index (χ2n) is 4.44. The van der Waals surface area contributed by atoms with Crippen molar-refractivity contribution in [3.8, 4) is 5.75 Å². The van der Waals surface area contributed by atoms with Gasteiger partial charge in [0.2, 0.25) is 5.95 Å². The van der Waals surface area contributed by atoms with Gasteiger partial charge in [-0.15, -0.1) is 0 Å². The number of nitrogens with one attached hydrogen (secondary N) is 1. The molecule has 2 aromatic rings. The molecule has 0 aliphatic heterocycles. The van der Waals surface area contributed by atoms with Crippen LogP contribution in [0.4, 0.5) is 5.95 Å². The number of carbonyl (C=O) groups is 1. The van der Waals surface area contributed by atoms with Gasteiger partial charge in [0.1, 0.15) is 5.75 Å². The average Bonchev–Trinajstić information content (AvgIpc) is 2.47. The fourth-order valence-electron chi connectivity index (χ4n) is 1.74. The molecule has 1 heterocycles. The van der Waals surface area contributed by atoms with E-state index in [0.29, 0.717) is 24.8 Å². The molecule has 2 N–H and O–H groups in total. The highest BCUT2D eigenvalue weighted by Gasteiger charge is 2.09. The highest BCUT2D eigenvalue weighted by molar-refractivity contribution is 5.88. The lowest BCUT2D eigenvalue weighted by Gasteiger charge is -2.08. The molecular formula is C15H17N3O3. The number of ether oxygens (including phenoxy) is 1. The third-order valence-corrected chi connectivity index (χ3v) is 2.83. The van der Waals surface area contributed by atoms with Crippen molar-refractivity contribution in [2.24, 2.45) is 0 Å².